The summed E-state index contributed by atoms with van der Waals surface area (Å²) in [5.74, 6) is 0.736. The molecule has 0 aromatic heterocycles. The van der Waals surface area contributed by atoms with Crippen LogP contribution in [0.4, 0.5) is 0 Å². The molecule has 1 aromatic rings. The van der Waals surface area contributed by atoms with Crippen LogP contribution in [0, 0.1) is 0 Å². The monoisotopic (exact) mass is 205 g/mol. The van der Waals surface area contributed by atoms with E-state index in [2.05, 4.69) is 5.32 Å². The smallest absolute Gasteiger partial charge is 0.231 e. The first-order valence-corrected chi connectivity index (χ1v) is 5.20. The number of nitrogens with one attached hydrogen (secondary N) is 1. The lowest BCUT2D eigenvalue weighted by molar-refractivity contribution is -0.123. The van der Waals surface area contributed by atoms with Gasteiger partial charge in [-0.15, -0.1) is 0 Å². The van der Waals surface area contributed by atoms with Gasteiger partial charge in [0.05, 0.1) is 0 Å². The van der Waals surface area contributed by atoms with E-state index in [1.54, 1.807) is 0 Å². The van der Waals surface area contributed by atoms with E-state index in [0.29, 0.717) is 6.61 Å². The minimum Gasteiger partial charge on any atom is -0.492 e. The molecule has 3 heteroatoms. The van der Waals surface area contributed by atoms with Gasteiger partial charge in [-0.05, 0) is 19.9 Å². The first kappa shape index (κ1) is 10.0. The highest BCUT2D eigenvalue weighted by Crippen LogP contribution is 2.33. The summed E-state index contributed by atoms with van der Waals surface area (Å²) >= 11 is 0. The van der Waals surface area contributed by atoms with Gasteiger partial charge in [0, 0.05) is 11.6 Å². The van der Waals surface area contributed by atoms with Crippen molar-refractivity contribution in [1.29, 1.82) is 0 Å². The fraction of sp³-hybridized carbons (Fsp3) is 0.417. The Hall–Kier alpha value is -1.51. The molecule has 1 heterocycles. The predicted octanol–water partition coefficient (Wildman–Crippen LogP) is 1.69. The number of amides is 1. The summed E-state index contributed by atoms with van der Waals surface area (Å²) in [5, 5.41) is 2.91. The van der Waals surface area contributed by atoms with Crippen LogP contribution in [0.5, 0.6) is 5.75 Å². The van der Waals surface area contributed by atoms with Crippen LogP contribution in [-0.4, -0.2) is 18.6 Å². The number of benzene rings is 1. The minimum absolute atomic E-state index is 0.0509. The van der Waals surface area contributed by atoms with Crippen LogP contribution in [0.25, 0.3) is 0 Å². The number of para-hydroxylation sites is 1. The number of hydrogen-bond donors (Lipinski definition) is 1. The third-order valence-corrected chi connectivity index (χ3v) is 2.45. The molecular formula is C12H15NO2. The van der Waals surface area contributed by atoms with Crippen molar-refractivity contribution >= 4 is 5.91 Å². The lowest BCUT2D eigenvalue weighted by Crippen LogP contribution is -2.35. The molecule has 0 bridgehead atoms. The fourth-order valence-corrected chi connectivity index (χ4v) is 1.76. The molecule has 1 aliphatic rings. The van der Waals surface area contributed by atoms with Crippen LogP contribution in [0.15, 0.2) is 24.3 Å². The van der Waals surface area contributed by atoms with Gasteiger partial charge in [-0.2, -0.15) is 0 Å². The Morgan fingerprint density at radius 1 is 1.47 bits per heavy atom. The van der Waals surface area contributed by atoms with Crippen molar-refractivity contribution in [2.24, 2.45) is 0 Å². The third kappa shape index (κ3) is 1.96. The largest absolute Gasteiger partial charge is 0.492 e. The molecule has 1 atom stereocenters. The van der Waals surface area contributed by atoms with E-state index in [9.17, 15) is 4.79 Å². The molecule has 1 N–H and O–H groups in total. The van der Waals surface area contributed by atoms with Crippen molar-refractivity contribution in [2.75, 3.05) is 6.61 Å². The van der Waals surface area contributed by atoms with Gasteiger partial charge in [0.1, 0.15) is 18.3 Å². The summed E-state index contributed by atoms with van der Waals surface area (Å²) in [6.45, 7) is 4.37. The molecule has 1 amide bonds. The summed E-state index contributed by atoms with van der Waals surface area (Å²) < 4.78 is 5.45. The van der Waals surface area contributed by atoms with Crippen LogP contribution in [0.2, 0.25) is 0 Å². The average molecular weight is 205 g/mol. The summed E-state index contributed by atoms with van der Waals surface area (Å²) in [7, 11) is 0. The van der Waals surface area contributed by atoms with Crippen LogP contribution in [0.3, 0.4) is 0 Å². The zero-order valence-electron chi connectivity index (χ0n) is 8.99. The number of hydrogen-bond acceptors (Lipinski definition) is 2. The number of ether oxygens (including phenoxy) is 1. The van der Waals surface area contributed by atoms with E-state index < -0.39 is 0 Å². The Kier molecular flexibility index (Phi) is 2.62. The Balaban J connectivity index is 2.17. The lowest BCUT2D eigenvalue weighted by Gasteiger charge is -2.12. The molecule has 1 unspecified atom stereocenters. The van der Waals surface area contributed by atoms with E-state index >= 15 is 0 Å². The van der Waals surface area contributed by atoms with Gasteiger partial charge in [0.25, 0.3) is 0 Å². The summed E-state index contributed by atoms with van der Waals surface area (Å²) in [6, 6.07) is 7.88. The second kappa shape index (κ2) is 3.93. The van der Waals surface area contributed by atoms with E-state index in [1.807, 2.05) is 38.1 Å². The average Bonchev–Trinajstić information content (AvgIpc) is 2.59. The lowest BCUT2D eigenvalue weighted by atomic mass is 10.0. The van der Waals surface area contributed by atoms with Gasteiger partial charge >= 0.3 is 0 Å². The van der Waals surface area contributed by atoms with Gasteiger partial charge in [-0.3, -0.25) is 4.79 Å². The third-order valence-electron chi connectivity index (χ3n) is 2.45. The van der Waals surface area contributed by atoms with Crippen molar-refractivity contribution in [3.63, 3.8) is 0 Å². The van der Waals surface area contributed by atoms with Crippen LogP contribution < -0.4 is 10.1 Å². The molecule has 80 valence electrons. The highest BCUT2D eigenvalue weighted by molar-refractivity contribution is 5.85. The Labute approximate surface area is 89.4 Å². The normalized spacial score (nSPS) is 18.5. The zero-order chi connectivity index (χ0) is 10.8. The van der Waals surface area contributed by atoms with Crippen LogP contribution >= 0.6 is 0 Å². The van der Waals surface area contributed by atoms with Crippen molar-refractivity contribution in [2.45, 2.75) is 25.8 Å². The van der Waals surface area contributed by atoms with Crippen molar-refractivity contribution in [1.82, 2.24) is 5.32 Å². The molecule has 0 spiro atoms. The van der Waals surface area contributed by atoms with E-state index in [-0.39, 0.29) is 17.9 Å². The second-order valence-corrected chi connectivity index (χ2v) is 4.06. The fourth-order valence-electron chi connectivity index (χ4n) is 1.76. The van der Waals surface area contributed by atoms with E-state index in [0.717, 1.165) is 11.3 Å². The Morgan fingerprint density at radius 2 is 2.20 bits per heavy atom. The molecule has 0 saturated heterocycles. The standard InChI is InChI=1S/C12H15NO2/c1-8(2)13-12(14)10-7-15-11-6-4-3-5-9(10)11/h3-6,8,10H,7H2,1-2H3,(H,13,14). The Morgan fingerprint density at radius 3 is 2.93 bits per heavy atom. The van der Waals surface area contributed by atoms with Crippen molar-refractivity contribution in [3.05, 3.63) is 29.8 Å². The molecule has 0 saturated carbocycles. The second-order valence-electron chi connectivity index (χ2n) is 4.06. The highest BCUT2D eigenvalue weighted by Gasteiger charge is 2.29. The molecule has 0 aliphatic carbocycles. The maximum Gasteiger partial charge on any atom is 0.231 e. The summed E-state index contributed by atoms with van der Waals surface area (Å²) in [6.07, 6.45) is 0. The van der Waals surface area contributed by atoms with Gasteiger partial charge in [0.15, 0.2) is 0 Å². The quantitative estimate of drug-likeness (QED) is 0.797. The molecule has 15 heavy (non-hydrogen) atoms. The molecule has 3 nitrogen and oxygen atoms in total. The highest BCUT2D eigenvalue weighted by atomic mass is 16.5. The number of fused-ring (bicyclic) bond motifs is 1. The first-order valence-electron chi connectivity index (χ1n) is 5.20. The molecule has 2 rings (SSSR count). The van der Waals surface area contributed by atoms with Gasteiger partial charge in [-0.1, -0.05) is 18.2 Å². The summed E-state index contributed by atoms with van der Waals surface area (Å²) in [4.78, 5) is 11.8. The van der Waals surface area contributed by atoms with Crippen molar-refractivity contribution < 1.29 is 9.53 Å². The number of rotatable bonds is 2. The van der Waals surface area contributed by atoms with Gasteiger partial charge in [-0.25, -0.2) is 0 Å². The van der Waals surface area contributed by atoms with E-state index in [4.69, 9.17) is 4.74 Å². The number of carbonyl (C=O) groups excluding carboxylic acids is 1. The first-order chi connectivity index (χ1) is 7.18. The maximum absolute atomic E-state index is 11.8. The van der Waals surface area contributed by atoms with Crippen LogP contribution in [-0.2, 0) is 4.79 Å². The Bertz CT molecular complexity index is 374. The topological polar surface area (TPSA) is 38.3 Å². The molecule has 1 aromatic carbocycles. The summed E-state index contributed by atoms with van der Waals surface area (Å²) in [5.41, 5.74) is 0.996. The molecule has 0 fully saturated rings. The molecule has 0 radical (unpaired) electrons. The number of carbonyl (C=O) groups is 1. The molecular weight excluding hydrogens is 190 g/mol. The van der Waals surface area contributed by atoms with Gasteiger partial charge in [0.2, 0.25) is 5.91 Å². The SMILES string of the molecule is CC(C)NC(=O)C1COc2ccccc21. The minimum atomic E-state index is -0.149. The predicted molar refractivity (Wildman–Crippen MR) is 58.0 cm³/mol. The van der Waals surface area contributed by atoms with Crippen LogP contribution in [0.1, 0.15) is 25.3 Å². The maximum atomic E-state index is 11.8. The molecule has 1 aliphatic heterocycles. The zero-order valence-corrected chi connectivity index (χ0v) is 8.99. The van der Waals surface area contributed by atoms with Gasteiger partial charge < -0.3 is 10.1 Å². The van der Waals surface area contributed by atoms with E-state index in [1.165, 1.54) is 0 Å². The van der Waals surface area contributed by atoms with Crippen molar-refractivity contribution in [3.8, 4) is 5.75 Å².